The molecule has 0 N–H and O–H groups in total. The molecule has 24 heavy (non-hydrogen) atoms. The van der Waals surface area contributed by atoms with Gasteiger partial charge in [0.2, 0.25) is 0 Å². The van der Waals surface area contributed by atoms with Gasteiger partial charge in [0.25, 0.3) is 0 Å². The number of hydrogen-bond acceptors (Lipinski definition) is 6. The lowest BCUT2D eigenvalue weighted by Crippen LogP contribution is -2.45. The Morgan fingerprint density at radius 3 is 2.88 bits per heavy atom. The second-order valence-corrected chi connectivity index (χ2v) is 5.81. The van der Waals surface area contributed by atoms with Crippen molar-refractivity contribution in [1.29, 1.82) is 5.26 Å². The lowest BCUT2D eigenvalue weighted by atomic mass is 10.0. The summed E-state index contributed by atoms with van der Waals surface area (Å²) in [4.78, 5) is 2.11. The van der Waals surface area contributed by atoms with Crippen LogP contribution in [0.4, 0.5) is 5.82 Å². The van der Waals surface area contributed by atoms with E-state index in [0.717, 1.165) is 24.1 Å². The van der Waals surface area contributed by atoms with Gasteiger partial charge in [0.1, 0.15) is 11.6 Å². The maximum Gasteiger partial charge on any atom is 0.169 e. The van der Waals surface area contributed by atoms with E-state index in [1.165, 1.54) is 0 Å². The highest BCUT2D eigenvalue weighted by Crippen LogP contribution is 2.25. The number of nitrogens with zero attached hydrogens (tertiary/aromatic N) is 6. The molecule has 2 aromatic rings. The van der Waals surface area contributed by atoms with Crippen molar-refractivity contribution in [3.63, 3.8) is 0 Å². The normalized spacial score (nSPS) is 17.7. The maximum atomic E-state index is 9.66. The third-order valence-corrected chi connectivity index (χ3v) is 4.33. The Hall–Kier alpha value is -2.46. The van der Waals surface area contributed by atoms with Gasteiger partial charge in [-0.05, 0) is 24.5 Å². The van der Waals surface area contributed by atoms with Gasteiger partial charge in [0.05, 0.1) is 24.9 Å². The van der Waals surface area contributed by atoms with Crippen LogP contribution < -0.4 is 4.90 Å². The molecular weight excluding hydrogens is 304 g/mol. The van der Waals surface area contributed by atoms with Crippen molar-refractivity contribution in [3.05, 3.63) is 35.3 Å². The van der Waals surface area contributed by atoms with E-state index in [-0.39, 0.29) is 6.10 Å². The molecule has 126 valence electrons. The molecule has 0 amide bonds. The summed E-state index contributed by atoms with van der Waals surface area (Å²) in [6, 6.07) is 4.24. The van der Waals surface area contributed by atoms with Crippen molar-refractivity contribution >= 4 is 5.82 Å². The molecule has 0 radical (unpaired) electrons. The molecule has 2 aromatic heterocycles. The standard InChI is InChI=1S/C17H22N6O/c1-3-14-15(10-18)17(21-20-16(14)4-2)22-8-9-24-13(11-22)12-23-7-5-6-19-23/h5-7,13H,3-4,8-9,11-12H2,1-2H3. The predicted octanol–water partition coefficient (Wildman–Crippen LogP) is 1.57. The molecule has 0 aliphatic carbocycles. The SMILES string of the molecule is CCc1nnc(N2CCOC(Cn3cccn3)C2)c(C#N)c1CC. The summed E-state index contributed by atoms with van der Waals surface area (Å²) in [7, 11) is 0. The first-order valence-electron chi connectivity index (χ1n) is 8.39. The van der Waals surface area contributed by atoms with E-state index in [2.05, 4.69) is 33.2 Å². The predicted molar refractivity (Wildman–Crippen MR) is 89.7 cm³/mol. The molecule has 1 saturated heterocycles. The van der Waals surface area contributed by atoms with Gasteiger partial charge in [0.15, 0.2) is 5.82 Å². The molecule has 7 nitrogen and oxygen atoms in total. The topological polar surface area (TPSA) is 79.9 Å². The first kappa shape index (κ1) is 16.4. The summed E-state index contributed by atoms with van der Waals surface area (Å²) < 4.78 is 7.71. The first-order valence-corrected chi connectivity index (χ1v) is 8.39. The van der Waals surface area contributed by atoms with E-state index in [1.807, 2.05) is 23.9 Å². The molecule has 0 aromatic carbocycles. The fraction of sp³-hybridized carbons (Fsp3) is 0.529. The average molecular weight is 326 g/mol. The molecule has 0 spiro atoms. The van der Waals surface area contributed by atoms with Crippen LogP contribution >= 0.6 is 0 Å². The van der Waals surface area contributed by atoms with Crippen molar-refractivity contribution in [2.45, 2.75) is 39.3 Å². The number of hydrogen-bond donors (Lipinski definition) is 0. The second-order valence-electron chi connectivity index (χ2n) is 5.81. The Labute approximate surface area is 141 Å². The molecule has 1 unspecified atom stereocenters. The minimum Gasteiger partial charge on any atom is -0.373 e. The summed E-state index contributed by atoms with van der Waals surface area (Å²) in [6.07, 6.45) is 5.28. The van der Waals surface area contributed by atoms with Crippen LogP contribution in [0.25, 0.3) is 0 Å². The van der Waals surface area contributed by atoms with Gasteiger partial charge in [-0.2, -0.15) is 15.5 Å². The van der Waals surface area contributed by atoms with E-state index in [1.54, 1.807) is 6.20 Å². The van der Waals surface area contributed by atoms with Crippen LogP contribution in [0.1, 0.15) is 30.7 Å². The van der Waals surface area contributed by atoms with Crippen LogP contribution in [0.5, 0.6) is 0 Å². The highest BCUT2D eigenvalue weighted by Gasteiger charge is 2.26. The fourth-order valence-corrected chi connectivity index (χ4v) is 3.14. The zero-order valence-electron chi connectivity index (χ0n) is 14.1. The number of rotatable bonds is 5. The molecule has 1 fully saturated rings. The van der Waals surface area contributed by atoms with Crippen LogP contribution in [-0.4, -0.2) is 45.8 Å². The Morgan fingerprint density at radius 2 is 2.21 bits per heavy atom. The highest BCUT2D eigenvalue weighted by molar-refractivity contribution is 5.58. The number of aryl methyl sites for hydroxylation is 1. The van der Waals surface area contributed by atoms with Crippen molar-refractivity contribution in [3.8, 4) is 6.07 Å². The number of morpholine rings is 1. The van der Waals surface area contributed by atoms with E-state index in [4.69, 9.17) is 4.74 Å². The van der Waals surface area contributed by atoms with Gasteiger partial charge in [-0.15, -0.1) is 5.10 Å². The van der Waals surface area contributed by atoms with Crippen molar-refractivity contribution < 1.29 is 4.74 Å². The van der Waals surface area contributed by atoms with Gasteiger partial charge < -0.3 is 9.64 Å². The van der Waals surface area contributed by atoms with Gasteiger partial charge in [-0.3, -0.25) is 4.68 Å². The molecule has 1 atom stereocenters. The van der Waals surface area contributed by atoms with E-state index < -0.39 is 0 Å². The van der Waals surface area contributed by atoms with Gasteiger partial charge in [0, 0.05) is 25.5 Å². The lowest BCUT2D eigenvalue weighted by molar-refractivity contribution is 0.0271. The van der Waals surface area contributed by atoms with Crippen LogP contribution in [0.3, 0.4) is 0 Å². The monoisotopic (exact) mass is 326 g/mol. The van der Waals surface area contributed by atoms with Crippen LogP contribution in [0.2, 0.25) is 0 Å². The molecule has 7 heteroatoms. The molecule has 1 aliphatic heterocycles. The largest absolute Gasteiger partial charge is 0.373 e. The minimum absolute atomic E-state index is 0.0166. The molecule has 0 saturated carbocycles. The molecule has 3 heterocycles. The van der Waals surface area contributed by atoms with E-state index >= 15 is 0 Å². The van der Waals surface area contributed by atoms with Crippen LogP contribution in [0.15, 0.2) is 18.5 Å². The minimum atomic E-state index is 0.0166. The summed E-state index contributed by atoms with van der Waals surface area (Å²) in [5.41, 5.74) is 2.59. The summed E-state index contributed by atoms with van der Waals surface area (Å²) >= 11 is 0. The number of anilines is 1. The van der Waals surface area contributed by atoms with E-state index in [9.17, 15) is 5.26 Å². The van der Waals surface area contributed by atoms with Crippen molar-refractivity contribution in [2.75, 3.05) is 24.6 Å². The van der Waals surface area contributed by atoms with Gasteiger partial charge >= 0.3 is 0 Å². The Bertz CT molecular complexity index is 721. The summed E-state index contributed by atoms with van der Waals surface area (Å²) in [5.74, 6) is 0.681. The fourth-order valence-electron chi connectivity index (χ4n) is 3.14. The Balaban J connectivity index is 1.84. The number of nitriles is 1. The first-order chi connectivity index (χ1) is 11.8. The third kappa shape index (κ3) is 3.24. The smallest absolute Gasteiger partial charge is 0.169 e. The van der Waals surface area contributed by atoms with Gasteiger partial charge in [-0.1, -0.05) is 13.8 Å². The average Bonchev–Trinajstić information content (AvgIpc) is 3.13. The Morgan fingerprint density at radius 1 is 1.33 bits per heavy atom. The zero-order valence-corrected chi connectivity index (χ0v) is 14.1. The molecular formula is C17H22N6O. The lowest BCUT2D eigenvalue weighted by Gasteiger charge is -2.34. The number of ether oxygens (including phenoxy) is 1. The molecule has 3 rings (SSSR count). The maximum absolute atomic E-state index is 9.66. The third-order valence-electron chi connectivity index (χ3n) is 4.33. The van der Waals surface area contributed by atoms with Crippen LogP contribution in [0, 0.1) is 11.3 Å². The summed E-state index contributed by atoms with van der Waals surface area (Å²) in [6.45, 7) is 6.78. The molecule has 0 bridgehead atoms. The molecule has 1 aliphatic rings. The Kier molecular flexibility index (Phi) is 5.06. The second kappa shape index (κ2) is 7.41. The summed E-state index contributed by atoms with van der Waals surface area (Å²) in [5, 5.41) is 22.6. The van der Waals surface area contributed by atoms with Crippen LogP contribution in [-0.2, 0) is 24.1 Å². The zero-order chi connectivity index (χ0) is 16.9. The number of aromatic nitrogens is 4. The van der Waals surface area contributed by atoms with E-state index in [0.29, 0.717) is 37.6 Å². The van der Waals surface area contributed by atoms with Gasteiger partial charge in [-0.25, -0.2) is 0 Å². The quantitative estimate of drug-likeness (QED) is 0.830. The van der Waals surface area contributed by atoms with Crippen molar-refractivity contribution in [2.24, 2.45) is 0 Å². The highest BCUT2D eigenvalue weighted by atomic mass is 16.5. The van der Waals surface area contributed by atoms with Crippen molar-refractivity contribution in [1.82, 2.24) is 20.0 Å².